The number of hydrogen-bond acceptors (Lipinski definition) is 2. The molecule has 0 N–H and O–H groups in total. The van der Waals surface area contributed by atoms with Crippen molar-refractivity contribution in [3.05, 3.63) is 23.8 Å². The Bertz CT molecular complexity index is 275. The summed E-state index contributed by atoms with van der Waals surface area (Å²) in [4.78, 5) is 0. The summed E-state index contributed by atoms with van der Waals surface area (Å²) in [6.07, 6.45) is 4.43. The lowest BCUT2D eigenvalue weighted by Crippen LogP contribution is -2.03. The van der Waals surface area contributed by atoms with Gasteiger partial charge >= 0.3 is 0 Å². The molecule has 0 amide bonds. The van der Waals surface area contributed by atoms with Gasteiger partial charge in [-0.1, -0.05) is 6.07 Å². The summed E-state index contributed by atoms with van der Waals surface area (Å²) in [5.41, 5.74) is 1.17. The number of ether oxygens (including phenoxy) is 2. The first kappa shape index (κ1) is 11.2. The van der Waals surface area contributed by atoms with Crippen molar-refractivity contribution in [2.45, 2.75) is 5.75 Å². The van der Waals surface area contributed by atoms with Gasteiger partial charge < -0.3 is 9.47 Å². The van der Waals surface area contributed by atoms with Gasteiger partial charge in [0, 0.05) is 0 Å². The van der Waals surface area contributed by atoms with Gasteiger partial charge in [0.1, 0.15) is 17.3 Å². The number of rotatable bonds is 4. The quantitative estimate of drug-likeness (QED) is 0.713. The second kappa shape index (κ2) is 5.15. The minimum Gasteiger partial charge on any atom is -0.496 e. The van der Waals surface area contributed by atoms with Crippen molar-refractivity contribution in [3.63, 3.8) is 0 Å². The van der Waals surface area contributed by atoms with Crippen LogP contribution in [0.1, 0.15) is 5.56 Å². The molecule has 0 saturated carbocycles. The third-order valence-electron chi connectivity index (χ3n) is 1.96. The Morgan fingerprint density at radius 2 is 1.57 bits per heavy atom. The molecule has 0 aliphatic heterocycles. The highest BCUT2D eigenvalue weighted by Gasteiger charge is 2.15. The second-order valence-corrected chi connectivity index (χ2v) is 5.53. The molecule has 1 aromatic carbocycles. The van der Waals surface area contributed by atoms with E-state index in [4.69, 9.17) is 9.47 Å². The minimum absolute atomic E-state index is 0.350. The monoisotopic (exact) mass is 213 g/mol. The Morgan fingerprint density at radius 1 is 1.07 bits per heavy atom. The Balaban J connectivity index is 3.05. The highest BCUT2D eigenvalue weighted by atomic mass is 32.2. The molecule has 0 aromatic heterocycles. The molecule has 3 heteroatoms. The molecule has 0 fully saturated rings. The first-order valence-electron chi connectivity index (χ1n) is 4.43. The van der Waals surface area contributed by atoms with Gasteiger partial charge in [-0.05, 0) is 23.0 Å². The van der Waals surface area contributed by atoms with Crippen LogP contribution in [-0.4, -0.2) is 26.7 Å². The van der Waals surface area contributed by atoms with Crippen LogP contribution in [0.4, 0.5) is 0 Å². The summed E-state index contributed by atoms with van der Waals surface area (Å²) in [6, 6.07) is 5.90. The molecule has 0 heterocycles. The molecule has 0 radical (unpaired) electrons. The zero-order chi connectivity index (χ0) is 10.6. The molecular formula is C11H17O2S+. The van der Waals surface area contributed by atoms with E-state index in [9.17, 15) is 0 Å². The maximum Gasteiger partial charge on any atom is 0.139 e. The van der Waals surface area contributed by atoms with Crippen LogP contribution in [0.3, 0.4) is 0 Å². The SMILES string of the molecule is COc1cccc(OC)c1C[S+](C)C. The van der Waals surface area contributed by atoms with E-state index >= 15 is 0 Å². The van der Waals surface area contributed by atoms with Crippen molar-refractivity contribution in [3.8, 4) is 11.5 Å². The summed E-state index contributed by atoms with van der Waals surface area (Å²) < 4.78 is 10.6. The Hall–Kier alpha value is -0.830. The maximum atomic E-state index is 5.31. The molecule has 14 heavy (non-hydrogen) atoms. The summed E-state index contributed by atoms with van der Waals surface area (Å²) >= 11 is 0. The van der Waals surface area contributed by atoms with E-state index in [1.54, 1.807) is 14.2 Å². The molecule has 78 valence electrons. The van der Waals surface area contributed by atoms with Crippen LogP contribution >= 0.6 is 0 Å². The summed E-state index contributed by atoms with van der Waals surface area (Å²) in [5, 5.41) is 0. The third-order valence-corrected chi connectivity index (χ3v) is 2.83. The lowest BCUT2D eigenvalue weighted by atomic mass is 10.2. The Kier molecular flexibility index (Phi) is 4.14. The second-order valence-electron chi connectivity index (χ2n) is 3.27. The van der Waals surface area contributed by atoms with Crippen LogP contribution in [0.2, 0.25) is 0 Å². The third kappa shape index (κ3) is 2.58. The highest BCUT2D eigenvalue weighted by molar-refractivity contribution is 7.94. The summed E-state index contributed by atoms with van der Waals surface area (Å²) in [7, 11) is 3.74. The fourth-order valence-electron chi connectivity index (χ4n) is 1.36. The molecule has 0 aliphatic carbocycles. The Morgan fingerprint density at radius 3 is 1.93 bits per heavy atom. The smallest absolute Gasteiger partial charge is 0.139 e. The molecule has 2 nitrogen and oxygen atoms in total. The maximum absolute atomic E-state index is 5.31. The number of benzene rings is 1. The van der Waals surface area contributed by atoms with E-state index in [-0.39, 0.29) is 0 Å². The fraction of sp³-hybridized carbons (Fsp3) is 0.455. The Labute approximate surface area is 88.6 Å². The van der Waals surface area contributed by atoms with Crippen LogP contribution in [0.5, 0.6) is 11.5 Å². The van der Waals surface area contributed by atoms with Gasteiger partial charge in [-0.15, -0.1) is 0 Å². The molecule has 0 unspecified atom stereocenters. The van der Waals surface area contributed by atoms with Crippen molar-refractivity contribution < 1.29 is 9.47 Å². The van der Waals surface area contributed by atoms with Gasteiger partial charge in [0.25, 0.3) is 0 Å². The number of hydrogen-bond donors (Lipinski definition) is 0. The molecule has 1 rings (SSSR count). The molecule has 0 spiro atoms. The van der Waals surface area contributed by atoms with E-state index in [0.29, 0.717) is 10.9 Å². The van der Waals surface area contributed by atoms with E-state index in [1.165, 1.54) is 5.56 Å². The van der Waals surface area contributed by atoms with E-state index < -0.39 is 0 Å². The summed E-state index contributed by atoms with van der Waals surface area (Å²) in [5.74, 6) is 2.85. The van der Waals surface area contributed by atoms with Gasteiger partial charge in [-0.2, -0.15) is 0 Å². The van der Waals surface area contributed by atoms with Crippen molar-refractivity contribution >= 4 is 10.9 Å². The lowest BCUT2D eigenvalue weighted by molar-refractivity contribution is 0.388. The molecule has 1 aromatic rings. The van der Waals surface area contributed by atoms with Crippen molar-refractivity contribution in [2.75, 3.05) is 26.7 Å². The molecule has 0 atom stereocenters. The van der Waals surface area contributed by atoms with Crippen LogP contribution in [-0.2, 0) is 16.6 Å². The molecule has 0 bridgehead atoms. The first-order chi connectivity index (χ1) is 6.69. The van der Waals surface area contributed by atoms with Crippen molar-refractivity contribution in [1.82, 2.24) is 0 Å². The fourth-order valence-corrected chi connectivity index (χ4v) is 2.22. The van der Waals surface area contributed by atoms with Crippen LogP contribution in [0.25, 0.3) is 0 Å². The first-order valence-corrected chi connectivity index (χ1v) is 6.64. The topological polar surface area (TPSA) is 18.5 Å². The van der Waals surface area contributed by atoms with Gasteiger partial charge in [0.05, 0.1) is 32.3 Å². The average molecular weight is 213 g/mol. The minimum atomic E-state index is 0.350. The van der Waals surface area contributed by atoms with Crippen molar-refractivity contribution in [2.24, 2.45) is 0 Å². The van der Waals surface area contributed by atoms with Gasteiger partial charge in [-0.25, -0.2) is 0 Å². The van der Waals surface area contributed by atoms with E-state index in [0.717, 1.165) is 17.3 Å². The van der Waals surface area contributed by atoms with Gasteiger partial charge in [0.2, 0.25) is 0 Å². The lowest BCUT2D eigenvalue weighted by Gasteiger charge is -2.10. The molecule has 0 saturated heterocycles. The number of methoxy groups -OCH3 is 2. The molecule has 0 aliphatic rings. The predicted octanol–water partition coefficient (Wildman–Crippen LogP) is 2.08. The predicted molar refractivity (Wildman–Crippen MR) is 62.5 cm³/mol. The van der Waals surface area contributed by atoms with Gasteiger partial charge in [0.15, 0.2) is 0 Å². The average Bonchev–Trinajstić information content (AvgIpc) is 2.17. The van der Waals surface area contributed by atoms with Crippen LogP contribution in [0.15, 0.2) is 18.2 Å². The largest absolute Gasteiger partial charge is 0.496 e. The zero-order valence-corrected chi connectivity index (χ0v) is 9.98. The normalized spacial score (nSPS) is 10.4. The van der Waals surface area contributed by atoms with Crippen molar-refractivity contribution in [1.29, 1.82) is 0 Å². The highest BCUT2D eigenvalue weighted by Crippen LogP contribution is 2.29. The summed E-state index contributed by atoms with van der Waals surface area (Å²) in [6.45, 7) is 0. The van der Waals surface area contributed by atoms with Crippen LogP contribution in [0, 0.1) is 0 Å². The van der Waals surface area contributed by atoms with E-state index in [2.05, 4.69) is 12.5 Å². The molecular weight excluding hydrogens is 196 g/mol. The zero-order valence-electron chi connectivity index (χ0n) is 9.16. The van der Waals surface area contributed by atoms with E-state index in [1.807, 2.05) is 18.2 Å². The van der Waals surface area contributed by atoms with Crippen LogP contribution < -0.4 is 9.47 Å². The standard InChI is InChI=1S/C11H17O2S/c1-12-10-6-5-7-11(13-2)9(10)8-14(3)4/h5-7H,8H2,1-4H3/q+1. The van der Waals surface area contributed by atoms with Gasteiger partial charge in [-0.3, -0.25) is 0 Å².